The number of phenols is 1. The molecule has 61 heavy (non-hydrogen) atoms. The molecule has 0 aliphatic heterocycles. The van der Waals surface area contributed by atoms with Crippen LogP contribution in [0.2, 0.25) is 0 Å². The fraction of sp³-hybridized carbons (Fsp3) is 0. The maximum atomic E-state index is 12.2. The van der Waals surface area contributed by atoms with Gasteiger partial charge >= 0.3 is 0 Å². The highest BCUT2D eigenvalue weighted by Gasteiger charge is 2.18. The summed E-state index contributed by atoms with van der Waals surface area (Å²) in [6, 6.07) is 41.8. The molecule has 1 aromatic heterocycles. The predicted octanol–water partition coefficient (Wildman–Crippen LogP) is 15.8. The Morgan fingerprint density at radius 2 is 1.00 bits per heavy atom. The number of para-hydroxylation sites is 4. The van der Waals surface area contributed by atoms with Crippen molar-refractivity contribution in [2.24, 2.45) is 0 Å². The number of hydrogen-bond donors (Lipinski definition) is 1. The quantitative estimate of drug-likeness (QED) is 0.166. The van der Waals surface area contributed by atoms with Crippen LogP contribution in [0, 0.1) is 0 Å². The highest BCUT2D eigenvalue weighted by Crippen LogP contribution is 2.43. The molecule has 1 N–H and O–H groups in total. The minimum atomic E-state index is -0.943. The third-order valence-corrected chi connectivity index (χ3v) is 10.9. The Kier molecular flexibility index (Phi) is 6.17. The van der Waals surface area contributed by atoms with Crippen molar-refractivity contribution < 1.29 is 22.9 Å². The zero-order chi connectivity index (χ0) is 52.0. The third kappa shape index (κ3) is 6.50. The van der Waals surface area contributed by atoms with Gasteiger partial charge < -0.3 is 14.6 Å². The van der Waals surface area contributed by atoms with Gasteiger partial charge in [-0.05, 0) is 99.2 Å². The zero-order valence-corrected chi connectivity index (χ0v) is 32.4. The molecular formula is C58H40N2O. The maximum Gasteiger partial charge on any atom is 0.131 e. The second kappa shape index (κ2) is 15.2. The highest BCUT2D eigenvalue weighted by molar-refractivity contribution is 6.09. The molecule has 288 valence electrons. The van der Waals surface area contributed by atoms with E-state index in [9.17, 15) is 10.6 Å². The van der Waals surface area contributed by atoms with E-state index in [1.54, 1.807) is 11.0 Å². The van der Waals surface area contributed by atoms with Crippen molar-refractivity contribution in [3.8, 4) is 55.9 Å². The van der Waals surface area contributed by atoms with Crippen molar-refractivity contribution in [1.82, 2.24) is 4.57 Å². The Balaban J connectivity index is 1.10. The minimum absolute atomic E-state index is 0.169. The van der Waals surface area contributed by atoms with Gasteiger partial charge in [-0.25, -0.2) is 0 Å². The summed E-state index contributed by atoms with van der Waals surface area (Å²) in [5.41, 5.74) is 5.18. The van der Waals surface area contributed by atoms with Crippen molar-refractivity contribution in [3.63, 3.8) is 0 Å². The molecule has 10 aromatic carbocycles. The van der Waals surface area contributed by atoms with Crippen molar-refractivity contribution in [3.05, 3.63) is 236 Å². The van der Waals surface area contributed by atoms with E-state index in [-0.39, 0.29) is 22.0 Å². The number of aromatic hydroxyl groups is 1. The molecule has 3 nitrogen and oxygen atoms in total. The van der Waals surface area contributed by atoms with Gasteiger partial charge in [0.2, 0.25) is 0 Å². The molecule has 0 spiro atoms. The van der Waals surface area contributed by atoms with Gasteiger partial charge in [-0.2, -0.15) is 0 Å². The normalized spacial score (nSPS) is 14.3. The number of fused-ring (bicyclic) bond motifs is 4. The van der Waals surface area contributed by atoms with Crippen molar-refractivity contribution in [2.45, 2.75) is 0 Å². The average Bonchev–Trinajstić information content (AvgIpc) is 3.76. The maximum absolute atomic E-state index is 12.2. The van der Waals surface area contributed by atoms with Gasteiger partial charge in [0, 0.05) is 44.5 Å². The molecular weight excluding hydrogens is 741 g/mol. The summed E-state index contributed by atoms with van der Waals surface area (Å²) in [6.07, 6.45) is 0. The van der Waals surface area contributed by atoms with Gasteiger partial charge in [0.25, 0.3) is 0 Å². The number of nitrogens with zero attached hydrogens (tertiary/aromatic N) is 2. The summed E-state index contributed by atoms with van der Waals surface area (Å²) in [7, 11) is 0. The standard InChI is InChI=1S/C58H40N2O/c61-58-51(23-13-24-52(58)46-29-28-41-16-4-5-17-44(41)38-46)43-32-36-48(37-33-43)59(49-19-12-18-45(39-49)40-14-2-1-3-15-40)47-34-30-42(31-35-47)50-20-6-9-25-55(50)60-56-26-10-7-21-53(56)54-22-8-11-27-57(54)60/h1-39,61H/i4D,5D,13D,16D,17D,23D,24D,28D,29D,32D,33D,36D,37D. The Morgan fingerprint density at radius 1 is 0.377 bits per heavy atom. The molecule has 0 bridgehead atoms. The minimum Gasteiger partial charge on any atom is -0.507 e. The molecule has 0 aliphatic carbocycles. The Hall–Kier alpha value is -8.14. The number of hydrogen-bond acceptors (Lipinski definition) is 2. The van der Waals surface area contributed by atoms with Crippen LogP contribution in [0.4, 0.5) is 17.1 Å². The first kappa shape index (κ1) is 24.7. The molecule has 0 radical (unpaired) electrons. The second-order valence-electron chi connectivity index (χ2n) is 14.5. The van der Waals surface area contributed by atoms with Crippen LogP contribution in [0.1, 0.15) is 17.8 Å². The van der Waals surface area contributed by atoms with E-state index >= 15 is 0 Å². The lowest BCUT2D eigenvalue weighted by molar-refractivity contribution is 0.479. The van der Waals surface area contributed by atoms with E-state index in [1.807, 2.05) is 115 Å². The molecule has 3 heteroatoms. The Labute approximate surface area is 373 Å². The third-order valence-electron chi connectivity index (χ3n) is 10.9. The number of benzene rings is 10. The van der Waals surface area contributed by atoms with Crippen LogP contribution < -0.4 is 4.90 Å². The molecule has 0 unspecified atom stereocenters. The van der Waals surface area contributed by atoms with Crippen LogP contribution in [0.15, 0.2) is 236 Å². The average molecular weight is 794 g/mol. The number of aromatic nitrogens is 1. The molecule has 1 heterocycles. The monoisotopic (exact) mass is 793 g/mol. The molecule has 0 amide bonds. The first-order chi connectivity index (χ1) is 35.6. The molecule has 0 saturated heterocycles. The summed E-state index contributed by atoms with van der Waals surface area (Å²) in [5, 5.41) is 13.9. The lowest BCUT2D eigenvalue weighted by Gasteiger charge is -2.26. The van der Waals surface area contributed by atoms with Crippen LogP contribution in [0.3, 0.4) is 0 Å². The molecule has 0 saturated carbocycles. The first-order valence-electron chi connectivity index (χ1n) is 26.2. The molecule has 11 rings (SSSR count). The number of rotatable bonds is 8. The van der Waals surface area contributed by atoms with Crippen LogP contribution >= 0.6 is 0 Å². The lowest BCUT2D eigenvalue weighted by atomic mass is 9.95. The largest absolute Gasteiger partial charge is 0.507 e. The topological polar surface area (TPSA) is 28.4 Å². The Morgan fingerprint density at radius 3 is 1.75 bits per heavy atom. The van der Waals surface area contributed by atoms with E-state index in [0.29, 0.717) is 11.4 Å². The number of anilines is 3. The Bertz CT molecular complexity index is 4060. The van der Waals surface area contributed by atoms with Crippen LogP contribution in [-0.4, -0.2) is 9.67 Å². The van der Waals surface area contributed by atoms with E-state index in [0.717, 1.165) is 55.8 Å². The molecule has 0 aliphatic rings. The van der Waals surface area contributed by atoms with Gasteiger partial charge in [-0.1, -0.05) is 176 Å². The first-order valence-corrected chi connectivity index (χ1v) is 19.7. The van der Waals surface area contributed by atoms with Gasteiger partial charge in [-0.15, -0.1) is 0 Å². The van der Waals surface area contributed by atoms with Crippen LogP contribution in [-0.2, 0) is 0 Å². The summed E-state index contributed by atoms with van der Waals surface area (Å²) < 4.78 is 119. The molecule has 0 atom stereocenters. The van der Waals surface area contributed by atoms with E-state index in [2.05, 4.69) is 34.9 Å². The molecule has 11 aromatic rings. The lowest BCUT2D eigenvalue weighted by Crippen LogP contribution is -2.10. The van der Waals surface area contributed by atoms with Crippen LogP contribution in [0.25, 0.3) is 82.8 Å². The van der Waals surface area contributed by atoms with Gasteiger partial charge in [0.1, 0.15) is 5.75 Å². The predicted molar refractivity (Wildman–Crippen MR) is 256 cm³/mol. The summed E-state index contributed by atoms with van der Waals surface area (Å²) in [6.45, 7) is 0. The highest BCUT2D eigenvalue weighted by atomic mass is 16.3. The summed E-state index contributed by atoms with van der Waals surface area (Å²) in [5.74, 6) is -0.943. The zero-order valence-electron chi connectivity index (χ0n) is 45.4. The van der Waals surface area contributed by atoms with Crippen molar-refractivity contribution >= 4 is 49.6 Å². The van der Waals surface area contributed by atoms with Crippen LogP contribution in [0.5, 0.6) is 5.75 Å². The number of phenolic OH excluding ortho intramolecular Hbond substituents is 1. The van der Waals surface area contributed by atoms with E-state index in [4.69, 9.17) is 12.3 Å². The fourth-order valence-corrected chi connectivity index (χ4v) is 8.04. The fourth-order valence-electron chi connectivity index (χ4n) is 8.04. The van der Waals surface area contributed by atoms with Crippen molar-refractivity contribution in [2.75, 3.05) is 4.90 Å². The summed E-state index contributed by atoms with van der Waals surface area (Å²) >= 11 is 0. The second-order valence-corrected chi connectivity index (χ2v) is 14.5. The van der Waals surface area contributed by atoms with E-state index in [1.165, 1.54) is 0 Å². The summed E-state index contributed by atoms with van der Waals surface area (Å²) in [4.78, 5) is 1.62. The molecule has 0 fully saturated rings. The van der Waals surface area contributed by atoms with E-state index < -0.39 is 101 Å². The van der Waals surface area contributed by atoms with Gasteiger partial charge in [0.15, 0.2) is 0 Å². The SMILES string of the molecule is [2H]c1c([2H])c(-c2cc3c([2H])c([2H])c([2H])c([2H])c3c([2H])c2[2H])c(O)c(-c2c([2H])c([2H])c(N(c3ccc(-c4ccccc4-n4c5ccccc5c5ccccc54)cc3)c3cccc(-c4ccccc4)c3)c([2H])c2[2H])c1[2H]. The van der Waals surface area contributed by atoms with Crippen molar-refractivity contribution in [1.29, 1.82) is 0 Å². The van der Waals surface area contributed by atoms with Gasteiger partial charge in [0.05, 0.1) is 34.5 Å². The van der Waals surface area contributed by atoms with Gasteiger partial charge in [-0.3, -0.25) is 0 Å². The smallest absolute Gasteiger partial charge is 0.131 e.